The molecule has 1 heterocycles. The Bertz CT molecular complexity index is 637. The highest BCUT2D eigenvalue weighted by Crippen LogP contribution is 2.10. The average Bonchev–Trinajstić information content (AvgIpc) is 2.87. The predicted octanol–water partition coefficient (Wildman–Crippen LogP) is 1.36. The van der Waals surface area contributed by atoms with Crippen molar-refractivity contribution >= 4 is 41.9 Å². The Morgan fingerprint density at radius 1 is 1.36 bits per heavy atom. The van der Waals surface area contributed by atoms with Crippen molar-refractivity contribution in [2.24, 2.45) is 4.99 Å². The first kappa shape index (κ1) is 21.1. The third-order valence-electron chi connectivity index (χ3n) is 3.55. The molecule has 0 aliphatic carbocycles. The Hall–Kier alpha value is -1.91. The Balaban J connectivity index is 0.00000312. The fourth-order valence-corrected chi connectivity index (χ4v) is 2.28. The number of halogens is 2. The molecular weight excluding hydrogens is 440 g/mol. The number of imide groups is 1. The van der Waals surface area contributed by atoms with Crippen molar-refractivity contribution in [3.8, 4) is 0 Å². The molecule has 0 bridgehead atoms. The van der Waals surface area contributed by atoms with Crippen LogP contribution >= 0.6 is 24.0 Å². The maximum absolute atomic E-state index is 13.3. The number of guanidine groups is 1. The predicted molar refractivity (Wildman–Crippen MR) is 104 cm³/mol. The van der Waals surface area contributed by atoms with Gasteiger partial charge in [0.1, 0.15) is 5.82 Å². The van der Waals surface area contributed by atoms with Gasteiger partial charge in [-0.15, -0.1) is 24.0 Å². The highest BCUT2D eigenvalue weighted by molar-refractivity contribution is 14.0. The van der Waals surface area contributed by atoms with Gasteiger partial charge in [0.15, 0.2) is 5.96 Å². The van der Waals surface area contributed by atoms with E-state index in [-0.39, 0.29) is 54.8 Å². The van der Waals surface area contributed by atoms with Crippen LogP contribution in [0.3, 0.4) is 0 Å². The normalized spacial score (nSPS) is 14.2. The highest BCUT2D eigenvalue weighted by Gasteiger charge is 2.27. The molecular formula is C16H23FIN5O2. The number of hydrogen-bond acceptors (Lipinski definition) is 3. The van der Waals surface area contributed by atoms with E-state index in [9.17, 15) is 14.0 Å². The monoisotopic (exact) mass is 463 g/mol. The zero-order valence-electron chi connectivity index (χ0n) is 14.3. The summed E-state index contributed by atoms with van der Waals surface area (Å²) >= 11 is 0. The Morgan fingerprint density at radius 3 is 2.72 bits per heavy atom. The first-order valence-corrected chi connectivity index (χ1v) is 7.86. The third-order valence-corrected chi connectivity index (χ3v) is 3.55. The van der Waals surface area contributed by atoms with Crippen LogP contribution in [-0.4, -0.2) is 49.0 Å². The molecule has 1 aliphatic rings. The van der Waals surface area contributed by atoms with E-state index in [4.69, 9.17) is 0 Å². The van der Waals surface area contributed by atoms with Crippen LogP contribution in [0.25, 0.3) is 0 Å². The third kappa shape index (κ3) is 6.15. The lowest BCUT2D eigenvalue weighted by molar-refractivity contribution is -0.124. The minimum Gasteiger partial charge on any atom is -0.357 e. The molecule has 7 nitrogen and oxygen atoms in total. The number of benzene rings is 1. The number of rotatable bonds is 6. The zero-order chi connectivity index (χ0) is 17.5. The van der Waals surface area contributed by atoms with Crippen molar-refractivity contribution in [3.05, 3.63) is 35.1 Å². The molecule has 9 heteroatoms. The van der Waals surface area contributed by atoms with Crippen LogP contribution in [0.2, 0.25) is 0 Å². The van der Waals surface area contributed by atoms with E-state index in [1.165, 1.54) is 11.0 Å². The first-order valence-electron chi connectivity index (χ1n) is 7.86. The summed E-state index contributed by atoms with van der Waals surface area (Å²) in [6.07, 6.45) is 0. The largest absolute Gasteiger partial charge is 0.357 e. The maximum Gasteiger partial charge on any atom is 0.324 e. The number of aryl methyl sites for hydroxylation is 1. The summed E-state index contributed by atoms with van der Waals surface area (Å²) in [5, 5.41) is 8.64. The van der Waals surface area contributed by atoms with Crippen molar-refractivity contribution in [2.75, 3.05) is 26.2 Å². The number of urea groups is 1. The summed E-state index contributed by atoms with van der Waals surface area (Å²) in [6, 6.07) is 4.52. The molecule has 0 unspecified atom stereocenters. The van der Waals surface area contributed by atoms with Gasteiger partial charge in [-0.2, -0.15) is 0 Å². The van der Waals surface area contributed by atoms with Crippen molar-refractivity contribution in [1.82, 2.24) is 20.9 Å². The van der Waals surface area contributed by atoms with Gasteiger partial charge >= 0.3 is 6.03 Å². The molecule has 1 fully saturated rings. The number of nitrogens with zero attached hydrogens (tertiary/aromatic N) is 2. The van der Waals surface area contributed by atoms with Gasteiger partial charge in [0, 0.05) is 19.6 Å². The summed E-state index contributed by atoms with van der Waals surface area (Å²) < 4.78 is 13.3. The van der Waals surface area contributed by atoms with Crippen molar-refractivity contribution in [3.63, 3.8) is 0 Å². The lowest BCUT2D eigenvalue weighted by Gasteiger charge is -2.15. The summed E-state index contributed by atoms with van der Waals surface area (Å²) in [5.41, 5.74) is 1.49. The minimum atomic E-state index is -0.370. The number of carbonyl (C=O) groups excluding carboxylic acids is 2. The van der Waals surface area contributed by atoms with E-state index in [0.29, 0.717) is 31.2 Å². The van der Waals surface area contributed by atoms with Crippen molar-refractivity contribution in [2.45, 2.75) is 20.4 Å². The first-order chi connectivity index (χ1) is 11.5. The van der Waals surface area contributed by atoms with Gasteiger partial charge in [0.2, 0.25) is 5.91 Å². The number of amides is 3. The lowest BCUT2D eigenvalue weighted by Crippen LogP contribution is -2.43. The zero-order valence-corrected chi connectivity index (χ0v) is 16.6. The topological polar surface area (TPSA) is 85.8 Å². The Labute approximate surface area is 163 Å². The van der Waals surface area contributed by atoms with Crippen molar-refractivity contribution in [1.29, 1.82) is 0 Å². The van der Waals surface area contributed by atoms with E-state index in [0.717, 1.165) is 5.56 Å². The number of carbonyl (C=O) groups is 2. The van der Waals surface area contributed by atoms with Crippen LogP contribution in [0.4, 0.5) is 9.18 Å². The van der Waals surface area contributed by atoms with Gasteiger partial charge < -0.3 is 16.0 Å². The van der Waals surface area contributed by atoms with Crippen LogP contribution in [0.1, 0.15) is 18.1 Å². The van der Waals surface area contributed by atoms with E-state index in [2.05, 4.69) is 20.9 Å². The van der Waals surface area contributed by atoms with Gasteiger partial charge in [-0.05, 0) is 31.0 Å². The van der Waals surface area contributed by atoms with E-state index in [1.807, 2.05) is 6.92 Å². The SMILES string of the molecule is CCNC(=NCc1ccc(F)c(C)c1)NCCN1C(=O)CNC1=O.I. The fraction of sp³-hybridized carbons (Fsp3) is 0.438. The van der Waals surface area contributed by atoms with E-state index >= 15 is 0 Å². The van der Waals surface area contributed by atoms with Crippen LogP contribution in [0.5, 0.6) is 0 Å². The van der Waals surface area contributed by atoms with Crippen LogP contribution in [-0.2, 0) is 11.3 Å². The van der Waals surface area contributed by atoms with E-state index in [1.54, 1.807) is 19.1 Å². The molecule has 3 N–H and O–H groups in total. The van der Waals surface area contributed by atoms with Crippen LogP contribution < -0.4 is 16.0 Å². The number of aliphatic imine (C=N–C) groups is 1. The standard InChI is InChI=1S/C16H22FN5O2.HI/c1-3-18-15(19-6-7-22-14(23)10-21-16(22)24)20-9-12-4-5-13(17)11(2)8-12;/h4-5,8H,3,6-7,9-10H2,1-2H3,(H,21,24)(H2,18,19,20);1H. The quantitative estimate of drug-likeness (QED) is 0.258. The number of nitrogens with one attached hydrogen (secondary N) is 3. The molecule has 0 spiro atoms. The molecule has 1 aromatic rings. The summed E-state index contributed by atoms with van der Waals surface area (Å²) in [6.45, 7) is 5.45. The van der Waals surface area contributed by atoms with Crippen LogP contribution in [0.15, 0.2) is 23.2 Å². The fourth-order valence-electron chi connectivity index (χ4n) is 2.28. The van der Waals surface area contributed by atoms with Gasteiger partial charge in [0.25, 0.3) is 0 Å². The Kier molecular flexibility index (Phi) is 8.59. The molecule has 138 valence electrons. The summed E-state index contributed by atoms with van der Waals surface area (Å²) in [5.74, 6) is 0.110. The molecule has 25 heavy (non-hydrogen) atoms. The second kappa shape index (κ2) is 10.2. The molecule has 2 rings (SSSR count). The molecule has 0 atom stereocenters. The molecule has 0 radical (unpaired) electrons. The van der Waals surface area contributed by atoms with Gasteiger partial charge in [-0.3, -0.25) is 9.69 Å². The molecule has 1 aromatic carbocycles. The van der Waals surface area contributed by atoms with Gasteiger partial charge in [-0.1, -0.05) is 12.1 Å². The molecule has 3 amide bonds. The molecule has 1 saturated heterocycles. The summed E-state index contributed by atoms with van der Waals surface area (Å²) in [4.78, 5) is 28.5. The van der Waals surface area contributed by atoms with Crippen LogP contribution in [0, 0.1) is 12.7 Å². The molecule has 0 aromatic heterocycles. The molecule has 1 aliphatic heterocycles. The average molecular weight is 463 g/mol. The second-order valence-electron chi connectivity index (χ2n) is 5.41. The van der Waals surface area contributed by atoms with E-state index < -0.39 is 0 Å². The second-order valence-corrected chi connectivity index (χ2v) is 5.41. The summed E-state index contributed by atoms with van der Waals surface area (Å²) in [7, 11) is 0. The molecule has 0 saturated carbocycles. The van der Waals surface area contributed by atoms with Gasteiger partial charge in [-0.25, -0.2) is 14.2 Å². The lowest BCUT2D eigenvalue weighted by atomic mass is 10.1. The number of hydrogen-bond donors (Lipinski definition) is 3. The van der Waals surface area contributed by atoms with Gasteiger partial charge in [0.05, 0.1) is 13.1 Å². The van der Waals surface area contributed by atoms with Crippen molar-refractivity contribution < 1.29 is 14.0 Å². The maximum atomic E-state index is 13.3. The minimum absolute atomic E-state index is 0. The smallest absolute Gasteiger partial charge is 0.324 e. The Morgan fingerprint density at radius 2 is 2.12 bits per heavy atom. The highest BCUT2D eigenvalue weighted by atomic mass is 127.